The topological polar surface area (TPSA) is 101 Å². The molecule has 0 spiro atoms. The molecule has 2 aromatic heterocycles. The summed E-state index contributed by atoms with van der Waals surface area (Å²) < 4.78 is 0. The summed E-state index contributed by atoms with van der Waals surface area (Å²) in [6, 6.07) is 9.75. The van der Waals surface area contributed by atoms with Crippen molar-refractivity contribution in [3.05, 3.63) is 51.8 Å². The number of thioether (sulfide) groups is 1. The average Bonchev–Trinajstić information content (AvgIpc) is 3.07. The Morgan fingerprint density at radius 2 is 2.04 bits per heavy atom. The number of aromatic nitrogens is 4. The molecule has 7 nitrogen and oxygen atoms in total. The van der Waals surface area contributed by atoms with Gasteiger partial charge in [0.1, 0.15) is 5.69 Å². The van der Waals surface area contributed by atoms with Gasteiger partial charge in [-0.3, -0.25) is 14.6 Å². The van der Waals surface area contributed by atoms with E-state index >= 15 is 0 Å². The van der Waals surface area contributed by atoms with E-state index in [1.54, 1.807) is 13.8 Å². The molecule has 1 amide bonds. The Balaban J connectivity index is 1.64. The first-order chi connectivity index (χ1) is 12.0. The van der Waals surface area contributed by atoms with Crippen molar-refractivity contribution in [1.82, 2.24) is 20.2 Å². The van der Waals surface area contributed by atoms with E-state index in [0.29, 0.717) is 10.3 Å². The molecule has 25 heavy (non-hydrogen) atoms. The first kappa shape index (κ1) is 17.3. The SMILES string of the molecule is Cc1nnc(S[C@H](C)C(=O)Nc2nc(-c3ccccc3)cs2)[nH]c1=O. The van der Waals surface area contributed by atoms with E-state index in [9.17, 15) is 9.59 Å². The Morgan fingerprint density at radius 1 is 1.28 bits per heavy atom. The van der Waals surface area contributed by atoms with Gasteiger partial charge in [0.15, 0.2) is 10.3 Å². The third-order valence-corrected chi connectivity index (χ3v) is 5.03. The minimum absolute atomic E-state index is 0.220. The van der Waals surface area contributed by atoms with Gasteiger partial charge in [-0.05, 0) is 13.8 Å². The van der Waals surface area contributed by atoms with Crippen molar-refractivity contribution in [2.75, 3.05) is 5.32 Å². The number of nitrogens with one attached hydrogen (secondary N) is 2. The molecule has 0 saturated carbocycles. The van der Waals surface area contributed by atoms with Gasteiger partial charge in [-0.25, -0.2) is 4.98 Å². The lowest BCUT2D eigenvalue weighted by molar-refractivity contribution is -0.115. The fourth-order valence-corrected chi connectivity index (χ4v) is 3.40. The zero-order valence-electron chi connectivity index (χ0n) is 13.5. The van der Waals surface area contributed by atoms with Crippen LogP contribution in [0.15, 0.2) is 45.7 Å². The number of H-pyrrole nitrogens is 1. The van der Waals surface area contributed by atoms with Gasteiger partial charge in [-0.1, -0.05) is 42.1 Å². The summed E-state index contributed by atoms with van der Waals surface area (Å²) in [7, 11) is 0. The number of carbonyl (C=O) groups is 1. The molecule has 0 aliphatic heterocycles. The average molecular weight is 373 g/mol. The molecule has 1 aromatic carbocycles. The molecule has 0 fully saturated rings. The number of thiazole rings is 1. The summed E-state index contributed by atoms with van der Waals surface area (Å²) >= 11 is 2.50. The van der Waals surface area contributed by atoms with Crippen LogP contribution in [-0.4, -0.2) is 31.3 Å². The Morgan fingerprint density at radius 3 is 2.76 bits per heavy atom. The summed E-state index contributed by atoms with van der Waals surface area (Å²) in [6.45, 7) is 3.30. The van der Waals surface area contributed by atoms with Gasteiger partial charge in [0.2, 0.25) is 5.91 Å². The molecule has 128 valence electrons. The molecule has 3 rings (SSSR count). The van der Waals surface area contributed by atoms with Crippen LogP contribution in [-0.2, 0) is 4.79 Å². The quantitative estimate of drug-likeness (QED) is 0.667. The van der Waals surface area contributed by atoms with Crippen molar-refractivity contribution in [1.29, 1.82) is 0 Å². The zero-order chi connectivity index (χ0) is 17.8. The Hall–Kier alpha value is -2.52. The van der Waals surface area contributed by atoms with Crippen LogP contribution >= 0.6 is 23.1 Å². The van der Waals surface area contributed by atoms with E-state index < -0.39 is 5.25 Å². The van der Waals surface area contributed by atoms with Crippen LogP contribution in [0.5, 0.6) is 0 Å². The molecule has 2 N–H and O–H groups in total. The summed E-state index contributed by atoms with van der Waals surface area (Å²) in [4.78, 5) is 30.9. The van der Waals surface area contributed by atoms with Gasteiger partial charge in [-0.2, -0.15) is 0 Å². The molecule has 0 aliphatic carbocycles. The number of aromatic amines is 1. The summed E-state index contributed by atoms with van der Waals surface area (Å²) in [6.07, 6.45) is 0. The molecular formula is C16H15N5O2S2. The molecule has 0 bridgehead atoms. The normalized spacial score (nSPS) is 11.9. The van der Waals surface area contributed by atoms with Crippen LogP contribution < -0.4 is 10.9 Å². The van der Waals surface area contributed by atoms with Crippen LogP contribution in [0.3, 0.4) is 0 Å². The monoisotopic (exact) mass is 373 g/mol. The Labute approximate surface area is 151 Å². The van der Waals surface area contributed by atoms with Gasteiger partial charge in [0, 0.05) is 10.9 Å². The van der Waals surface area contributed by atoms with Crippen LogP contribution in [0.25, 0.3) is 11.3 Å². The van der Waals surface area contributed by atoms with E-state index in [-0.39, 0.29) is 17.2 Å². The number of nitrogens with zero attached hydrogens (tertiary/aromatic N) is 3. The molecule has 3 aromatic rings. The second kappa shape index (κ2) is 7.58. The number of carbonyl (C=O) groups excluding carboxylic acids is 1. The summed E-state index contributed by atoms with van der Waals surface area (Å²) in [5.41, 5.74) is 1.79. The Bertz CT molecular complexity index is 939. The van der Waals surface area contributed by atoms with Crippen LogP contribution in [0.1, 0.15) is 12.6 Å². The first-order valence-corrected chi connectivity index (χ1v) is 9.21. The number of aryl methyl sites for hydroxylation is 1. The van der Waals surface area contributed by atoms with E-state index in [1.165, 1.54) is 11.3 Å². The standard InChI is InChI=1S/C16H15N5O2S2/c1-9-13(22)18-16(21-20-9)25-10(2)14(23)19-15-17-12(8-24-15)11-6-4-3-5-7-11/h3-8,10H,1-2H3,(H,17,19,23)(H,18,21,22)/t10-/m1/s1. The maximum Gasteiger partial charge on any atom is 0.273 e. The summed E-state index contributed by atoms with van der Waals surface area (Å²) in [5.74, 6) is -0.220. The highest BCUT2D eigenvalue weighted by atomic mass is 32.2. The van der Waals surface area contributed by atoms with Crippen molar-refractivity contribution in [2.45, 2.75) is 24.3 Å². The van der Waals surface area contributed by atoms with Gasteiger partial charge < -0.3 is 5.32 Å². The highest BCUT2D eigenvalue weighted by molar-refractivity contribution is 8.00. The van der Waals surface area contributed by atoms with E-state index in [2.05, 4.69) is 25.5 Å². The van der Waals surface area contributed by atoms with Crippen LogP contribution in [0.4, 0.5) is 5.13 Å². The van der Waals surface area contributed by atoms with Crippen molar-refractivity contribution in [2.24, 2.45) is 0 Å². The lowest BCUT2D eigenvalue weighted by atomic mass is 10.2. The van der Waals surface area contributed by atoms with E-state index in [4.69, 9.17) is 0 Å². The van der Waals surface area contributed by atoms with Crippen molar-refractivity contribution >= 4 is 34.1 Å². The van der Waals surface area contributed by atoms with E-state index in [1.807, 2.05) is 35.7 Å². The number of amides is 1. The maximum atomic E-state index is 12.3. The second-order valence-corrected chi connectivity index (χ2v) is 7.39. The largest absolute Gasteiger partial charge is 0.301 e. The minimum Gasteiger partial charge on any atom is -0.301 e. The van der Waals surface area contributed by atoms with Crippen molar-refractivity contribution < 1.29 is 4.79 Å². The highest BCUT2D eigenvalue weighted by Crippen LogP contribution is 2.26. The lowest BCUT2D eigenvalue weighted by Gasteiger charge is -2.09. The van der Waals surface area contributed by atoms with Crippen molar-refractivity contribution in [3.63, 3.8) is 0 Å². The molecule has 9 heteroatoms. The smallest absolute Gasteiger partial charge is 0.273 e. The number of benzene rings is 1. The predicted octanol–water partition coefficient (Wildman–Crippen LogP) is 2.72. The number of anilines is 1. The molecule has 0 saturated heterocycles. The third kappa shape index (κ3) is 4.31. The predicted molar refractivity (Wildman–Crippen MR) is 98.9 cm³/mol. The molecule has 0 aliphatic rings. The van der Waals surface area contributed by atoms with E-state index in [0.717, 1.165) is 23.0 Å². The first-order valence-electron chi connectivity index (χ1n) is 7.45. The van der Waals surface area contributed by atoms with Crippen molar-refractivity contribution in [3.8, 4) is 11.3 Å². The molecular weight excluding hydrogens is 358 g/mol. The Kier molecular flexibility index (Phi) is 5.25. The lowest BCUT2D eigenvalue weighted by Crippen LogP contribution is -2.23. The molecule has 2 heterocycles. The van der Waals surface area contributed by atoms with Crippen LogP contribution in [0.2, 0.25) is 0 Å². The van der Waals surface area contributed by atoms with Gasteiger partial charge in [-0.15, -0.1) is 21.5 Å². The number of rotatable bonds is 5. The third-order valence-electron chi connectivity index (χ3n) is 3.30. The van der Waals surface area contributed by atoms with Gasteiger partial charge in [0.25, 0.3) is 5.56 Å². The number of hydrogen-bond donors (Lipinski definition) is 2. The zero-order valence-corrected chi connectivity index (χ0v) is 15.1. The van der Waals surface area contributed by atoms with Gasteiger partial charge in [0.05, 0.1) is 10.9 Å². The molecule has 0 unspecified atom stereocenters. The highest BCUT2D eigenvalue weighted by Gasteiger charge is 2.18. The van der Waals surface area contributed by atoms with Crippen LogP contribution in [0, 0.1) is 6.92 Å². The fourth-order valence-electron chi connectivity index (χ4n) is 1.93. The maximum absolute atomic E-state index is 12.3. The minimum atomic E-state index is -0.461. The van der Waals surface area contributed by atoms with Gasteiger partial charge >= 0.3 is 0 Å². The number of hydrogen-bond acceptors (Lipinski definition) is 7. The fraction of sp³-hybridized carbons (Fsp3) is 0.188. The molecule has 0 radical (unpaired) electrons. The summed E-state index contributed by atoms with van der Waals surface area (Å²) in [5, 5.41) is 12.7. The second-order valence-electron chi connectivity index (χ2n) is 5.20. The molecule has 1 atom stereocenters.